The molecule has 0 bridgehead atoms. The zero-order chi connectivity index (χ0) is 28.0. The topological polar surface area (TPSA) is 73.0 Å². The zero-order valence-corrected chi connectivity index (χ0v) is 23.3. The number of nitrogens with zero attached hydrogens (tertiary/aromatic N) is 5. The molecule has 7 heteroatoms. The Morgan fingerprint density at radius 1 is 0.786 bits per heavy atom. The zero-order valence-electron chi connectivity index (χ0n) is 23.3. The molecule has 42 heavy (non-hydrogen) atoms. The normalized spacial score (nSPS) is 15.8. The molecule has 0 spiro atoms. The molecule has 2 N–H and O–H groups in total. The monoisotopic (exact) mass is 549 g/mol. The van der Waals surface area contributed by atoms with E-state index in [2.05, 4.69) is 109 Å². The Labute approximate surface area is 244 Å². The molecule has 6 aromatic rings. The van der Waals surface area contributed by atoms with Crippen LogP contribution in [0.3, 0.4) is 0 Å². The summed E-state index contributed by atoms with van der Waals surface area (Å²) in [5.74, 6) is 0.993. The Hall–Kier alpha value is -5.01. The van der Waals surface area contributed by atoms with E-state index < -0.39 is 0 Å². The smallest absolute Gasteiger partial charge is 0.116 e. The van der Waals surface area contributed by atoms with Crippen LogP contribution >= 0.6 is 0 Å². The SMILES string of the molecule is C=C1Nc2ccccc2N1C1CCN(Cc2ccc(-c3[nH]c4cc5ncnc5cc4nc3-c3ccccc3)cc2)CC1. The maximum Gasteiger partial charge on any atom is 0.116 e. The van der Waals surface area contributed by atoms with Gasteiger partial charge in [-0.25, -0.2) is 15.0 Å². The Balaban J connectivity index is 1.02. The van der Waals surface area contributed by atoms with Crippen LogP contribution < -0.4 is 10.2 Å². The molecule has 2 aliphatic rings. The van der Waals surface area contributed by atoms with Crippen LogP contribution in [-0.4, -0.2) is 44.0 Å². The van der Waals surface area contributed by atoms with Crippen molar-refractivity contribution in [3.63, 3.8) is 0 Å². The van der Waals surface area contributed by atoms with E-state index in [0.29, 0.717) is 6.04 Å². The second-order valence-corrected chi connectivity index (χ2v) is 11.2. The molecular formula is C35H31N7. The number of hydrogen-bond donors (Lipinski definition) is 2. The van der Waals surface area contributed by atoms with Gasteiger partial charge in [0.15, 0.2) is 0 Å². The van der Waals surface area contributed by atoms with E-state index in [4.69, 9.17) is 4.98 Å². The summed E-state index contributed by atoms with van der Waals surface area (Å²) in [6, 6.07) is 32.3. The van der Waals surface area contributed by atoms with Crippen molar-refractivity contribution in [2.75, 3.05) is 23.3 Å². The number of aromatic nitrogens is 4. The molecule has 4 heterocycles. The number of para-hydroxylation sites is 2. The summed E-state index contributed by atoms with van der Waals surface area (Å²) in [4.78, 5) is 22.5. The van der Waals surface area contributed by atoms with E-state index >= 15 is 0 Å². The predicted molar refractivity (Wildman–Crippen MR) is 170 cm³/mol. The van der Waals surface area contributed by atoms with Gasteiger partial charge in [0.2, 0.25) is 0 Å². The first-order valence-electron chi connectivity index (χ1n) is 14.6. The van der Waals surface area contributed by atoms with Gasteiger partial charge in [0.25, 0.3) is 0 Å². The summed E-state index contributed by atoms with van der Waals surface area (Å²) in [7, 11) is 0. The van der Waals surface area contributed by atoms with Gasteiger partial charge in [-0.2, -0.15) is 0 Å². The minimum absolute atomic E-state index is 0.472. The fraction of sp³-hybridized carbons (Fsp3) is 0.171. The van der Waals surface area contributed by atoms with Crippen LogP contribution in [0.25, 0.3) is 44.6 Å². The summed E-state index contributed by atoms with van der Waals surface area (Å²) < 4.78 is 0. The number of anilines is 2. The number of benzene rings is 4. The highest BCUT2D eigenvalue weighted by atomic mass is 15.3. The van der Waals surface area contributed by atoms with Gasteiger partial charge in [-0.3, -0.25) is 4.90 Å². The van der Waals surface area contributed by atoms with E-state index in [1.807, 2.05) is 18.2 Å². The van der Waals surface area contributed by atoms with Crippen LogP contribution in [0, 0.1) is 0 Å². The summed E-state index contributed by atoms with van der Waals surface area (Å²) in [5.41, 5.74) is 11.4. The number of piperidine rings is 1. The lowest BCUT2D eigenvalue weighted by Crippen LogP contribution is -2.43. The van der Waals surface area contributed by atoms with Crippen LogP contribution in [0.5, 0.6) is 0 Å². The Bertz CT molecular complexity index is 1920. The fourth-order valence-corrected chi connectivity index (χ4v) is 6.44. The molecule has 2 aliphatic heterocycles. The van der Waals surface area contributed by atoms with Crippen molar-refractivity contribution in [1.29, 1.82) is 0 Å². The molecular weight excluding hydrogens is 518 g/mol. The van der Waals surface area contributed by atoms with Crippen LogP contribution in [0.2, 0.25) is 0 Å². The van der Waals surface area contributed by atoms with Crippen LogP contribution in [0.4, 0.5) is 11.4 Å². The first-order valence-corrected chi connectivity index (χ1v) is 14.6. The summed E-state index contributed by atoms with van der Waals surface area (Å²) in [6.07, 6.45) is 3.84. The van der Waals surface area contributed by atoms with Gasteiger partial charge >= 0.3 is 0 Å². The van der Waals surface area contributed by atoms with Crippen molar-refractivity contribution in [3.05, 3.63) is 115 Å². The minimum Gasteiger partial charge on any atom is -0.351 e. The first-order chi connectivity index (χ1) is 20.7. The van der Waals surface area contributed by atoms with Gasteiger partial charge in [0.1, 0.15) is 12.1 Å². The number of fused-ring (bicyclic) bond motifs is 3. The van der Waals surface area contributed by atoms with Crippen molar-refractivity contribution in [1.82, 2.24) is 24.8 Å². The standard InChI is InChI=1S/C35H31N7/c1-23-38-28-9-5-6-10-33(28)42(23)27-15-17-41(18-16-27)21-24-11-13-26(14-12-24)35-34(25-7-3-2-4-8-25)39-31-19-29-30(37-22-36-29)20-32(31)40-35/h2-14,19-20,22,27,38,40H,1,15-18,21H2. The molecule has 1 saturated heterocycles. The van der Waals surface area contributed by atoms with Crippen molar-refractivity contribution in [3.8, 4) is 22.5 Å². The van der Waals surface area contributed by atoms with E-state index in [1.54, 1.807) is 6.33 Å². The number of hydrogen-bond acceptors (Lipinski definition) is 6. The second-order valence-electron chi connectivity index (χ2n) is 11.2. The summed E-state index contributed by atoms with van der Waals surface area (Å²) >= 11 is 0. The molecule has 0 unspecified atom stereocenters. The predicted octanol–water partition coefficient (Wildman–Crippen LogP) is 7.21. The van der Waals surface area contributed by atoms with Gasteiger partial charge in [-0.1, -0.05) is 73.3 Å². The van der Waals surface area contributed by atoms with E-state index in [9.17, 15) is 0 Å². The van der Waals surface area contributed by atoms with E-state index in [-0.39, 0.29) is 0 Å². The third-order valence-corrected chi connectivity index (χ3v) is 8.57. The number of likely N-dealkylation sites (tertiary alicyclic amines) is 1. The number of imidazole rings is 1. The molecule has 4 aromatic carbocycles. The molecule has 7 nitrogen and oxygen atoms in total. The van der Waals surface area contributed by atoms with Crippen molar-refractivity contribution < 1.29 is 0 Å². The second kappa shape index (κ2) is 10.1. The molecule has 206 valence electrons. The van der Waals surface area contributed by atoms with Crippen LogP contribution in [-0.2, 0) is 6.54 Å². The van der Waals surface area contributed by atoms with Crippen molar-refractivity contribution in [2.24, 2.45) is 0 Å². The third-order valence-electron chi connectivity index (χ3n) is 8.57. The molecule has 0 radical (unpaired) electrons. The molecule has 0 saturated carbocycles. The number of nitrogens with one attached hydrogen (secondary N) is 2. The number of aromatic amines is 1. The highest BCUT2D eigenvalue weighted by molar-refractivity contribution is 5.94. The minimum atomic E-state index is 0.472. The van der Waals surface area contributed by atoms with Crippen molar-refractivity contribution >= 4 is 33.4 Å². The number of rotatable bonds is 5. The van der Waals surface area contributed by atoms with Crippen molar-refractivity contribution in [2.45, 2.75) is 25.4 Å². The maximum atomic E-state index is 5.10. The molecule has 0 amide bonds. The molecule has 0 aliphatic carbocycles. The Morgan fingerprint density at radius 2 is 1.52 bits per heavy atom. The summed E-state index contributed by atoms with van der Waals surface area (Å²) in [5, 5.41) is 3.45. The van der Waals surface area contributed by atoms with Crippen LogP contribution in [0.1, 0.15) is 18.4 Å². The highest BCUT2D eigenvalue weighted by Gasteiger charge is 2.31. The first kappa shape index (κ1) is 24.8. The fourth-order valence-electron chi connectivity index (χ4n) is 6.44. The largest absolute Gasteiger partial charge is 0.351 e. The van der Waals surface area contributed by atoms with Gasteiger partial charge in [-0.15, -0.1) is 0 Å². The van der Waals surface area contributed by atoms with Gasteiger partial charge < -0.3 is 15.2 Å². The number of H-pyrrole nitrogens is 1. The molecule has 8 rings (SSSR count). The van der Waals surface area contributed by atoms with Gasteiger partial charge in [-0.05, 0) is 42.7 Å². The maximum absolute atomic E-state index is 5.10. The lowest BCUT2D eigenvalue weighted by molar-refractivity contribution is 0.204. The lowest BCUT2D eigenvalue weighted by atomic mass is 10.0. The molecule has 2 aromatic heterocycles. The Morgan fingerprint density at radius 3 is 2.33 bits per heavy atom. The Kier molecular flexibility index (Phi) is 5.96. The van der Waals surface area contributed by atoms with E-state index in [1.165, 1.54) is 11.3 Å². The van der Waals surface area contributed by atoms with Crippen LogP contribution in [0.15, 0.2) is 110 Å². The highest BCUT2D eigenvalue weighted by Crippen LogP contribution is 2.39. The molecule has 0 atom stereocenters. The average molecular weight is 550 g/mol. The summed E-state index contributed by atoms with van der Waals surface area (Å²) in [6.45, 7) is 7.37. The average Bonchev–Trinajstić information content (AvgIpc) is 3.63. The lowest BCUT2D eigenvalue weighted by Gasteiger charge is -2.37. The van der Waals surface area contributed by atoms with E-state index in [0.717, 1.165) is 88.6 Å². The third kappa shape index (κ3) is 4.39. The van der Waals surface area contributed by atoms with Gasteiger partial charge in [0, 0.05) is 36.8 Å². The van der Waals surface area contributed by atoms with Gasteiger partial charge in [0.05, 0.1) is 44.8 Å². The quantitative estimate of drug-likeness (QED) is 0.237. The molecule has 1 fully saturated rings.